The van der Waals surface area contributed by atoms with Gasteiger partial charge in [0.25, 0.3) is 5.91 Å². The second-order valence-electron chi connectivity index (χ2n) is 9.71. The third-order valence-electron chi connectivity index (χ3n) is 6.54. The van der Waals surface area contributed by atoms with E-state index in [0.29, 0.717) is 31.3 Å². The SMILES string of the molecule is Cc1cc2c(C)noc2cc1N(CC(=O)NCCNC(C)C)CC(=O)N(C)N1C=C2CC=CC=C2C1. The molecule has 2 aliphatic rings. The molecule has 2 heterocycles. The second kappa shape index (κ2) is 11.0. The Balaban J connectivity index is 1.51. The van der Waals surface area contributed by atoms with Gasteiger partial charge in [0.2, 0.25) is 5.91 Å². The van der Waals surface area contributed by atoms with E-state index in [1.165, 1.54) is 11.1 Å². The Kier molecular flexibility index (Phi) is 7.79. The highest BCUT2D eigenvalue weighted by Gasteiger charge is 2.26. The number of likely N-dealkylation sites (N-methyl/N-ethyl adjacent to an activating group) is 1. The number of carbonyl (C=O) groups excluding carboxylic acids is 2. The van der Waals surface area contributed by atoms with Gasteiger partial charge in [0.15, 0.2) is 5.58 Å². The van der Waals surface area contributed by atoms with E-state index in [4.69, 9.17) is 4.52 Å². The first-order valence-corrected chi connectivity index (χ1v) is 12.4. The number of amides is 2. The Hall–Kier alpha value is -3.59. The number of hydrogen-bond acceptors (Lipinski definition) is 7. The number of hydrazine groups is 1. The minimum Gasteiger partial charge on any atom is -0.356 e. The van der Waals surface area contributed by atoms with Gasteiger partial charge in [0, 0.05) is 49.5 Å². The molecule has 0 bridgehead atoms. The van der Waals surface area contributed by atoms with E-state index in [9.17, 15) is 9.59 Å². The predicted molar refractivity (Wildman–Crippen MR) is 141 cm³/mol. The first-order chi connectivity index (χ1) is 17.2. The normalized spacial score (nSPS) is 14.7. The van der Waals surface area contributed by atoms with Crippen LogP contribution in [0.15, 0.2) is 52.2 Å². The maximum atomic E-state index is 13.4. The minimum absolute atomic E-state index is 0.0462. The average molecular weight is 493 g/mol. The van der Waals surface area contributed by atoms with Gasteiger partial charge in [-0.25, -0.2) is 0 Å². The zero-order valence-corrected chi connectivity index (χ0v) is 21.8. The van der Waals surface area contributed by atoms with Gasteiger partial charge >= 0.3 is 0 Å². The number of rotatable bonds is 10. The number of allylic oxidation sites excluding steroid dienone is 3. The molecule has 36 heavy (non-hydrogen) atoms. The van der Waals surface area contributed by atoms with Gasteiger partial charge in [-0.3, -0.25) is 19.6 Å². The van der Waals surface area contributed by atoms with E-state index in [1.54, 1.807) is 12.1 Å². The van der Waals surface area contributed by atoms with Crippen molar-refractivity contribution in [1.29, 1.82) is 0 Å². The molecule has 0 saturated carbocycles. The topological polar surface area (TPSA) is 93.9 Å². The van der Waals surface area contributed by atoms with Crippen molar-refractivity contribution in [3.63, 3.8) is 0 Å². The lowest BCUT2D eigenvalue weighted by Crippen LogP contribution is -2.48. The van der Waals surface area contributed by atoms with E-state index >= 15 is 0 Å². The summed E-state index contributed by atoms with van der Waals surface area (Å²) in [5.41, 5.74) is 5.62. The summed E-state index contributed by atoms with van der Waals surface area (Å²) in [5.74, 6) is -0.253. The summed E-state index contributed by atoms with van der Waals surface area (Å²) in [6.45, 7) is 9.95. The lowest BCUT2D eigenvalue weighted by atomic mass is 10.0. The summed E-state index contributed by atoms with van der Waals surface area (Å²) in [6.07, 6.45) is 9.16. The third-order valence-corrected chi connectivity index (χ3v) is 6.54. The van der Waals surface area contributed by atoms with Gasteiger partial charge in [-0.2, -0.15) is 0 Å². The van der Waals surface area contributed by atoms with Crippen molar-refractivity contribution in [2.24, 2.45) is 0 Å². The van der Waals surface area contributed by atoms with E-state index in [0.717, 1.165) is 28.8 Å². The molecule has 2 N–H and O–H groups in total. The number of anilines is 1. The molecule has 2 amide bonds. The van der Waals surface area contributed by atoms with E-state index in [1.807, 2.05) is 42.1 Å². The Labute approximate surface area is 212 Å². The fourth-order valence-corrected chi connectivity index (χ4v) is 4.47. The van der Waals surface area contributed by atoms with Crippen LogP contribution >= 0.6 is 0 Å². The molecular formula is C27H36N6O3. The van der Waals surface area contributed by atoms with Gasteiger partial charge in [-0.15, -0.1) is 0 Å². The molecule has 1 aliphatic carbocycles. The first-order valence-electron chi connectivity index (χ1n) is 12.4. The van der Waals surface area contributed by atoms with Crippen molar-refractivity contribution >= 4 is 28.5 Å². The molecule has 0 atom stereocenters. The van der Waals surface area contributed by atoms with Crippen LogP contribution in [0.5, 0.6) is 0 Å². The first kappa shape index (κ1) is 25.5. The standard InChI is InChI=1S/C27H36N6O3/c1-18(2)28-10-11-29-26(34)16-32(24-13-25-23(12-19(24)3)20(4)30-36-25)17-27(35)31(5)33-14-21-8-6-7-9-22(21)15-33/h6-8,12-13,15,18,28H,9-11,14,16-17H2,1-5H3,(H,29,34). The van der Waals surface area contributed by atoms with Crippen molar-refractivity contribution in [2.45, 2.75) is 40.2 Å². The fraction of sp³-hybridized carbons (Fsp3) is 0.444. The van der Waals surface area contributed by atoms with Gasteiger partial charge in [0.1, 0.15) is 0 Å². The molecule has 192 valence electrons. The van der Waals surface area contributed by atoms with Crippen molar-refractivity contribution in [3.8, 4) is 0 Å². The number of nitrogens with one attached hydrogen (secondary N) is 2. The Morgan fingerprint density at radius 1 is 1.17 bits per heavy atom. The van der Waals surface area contributed by atoms with E-state index < -0.39 is 0 Å². The number of hydrogen-bond donors (Lipinski definition) is 2. The monoisotopic (exact) mass is 492 g/mol. The van der Waals surface area contributed by atoms with Crippen LogP contribution in [0.2, 0.25) is 0 Å². The smallest absolute Gasteiger partial charge is 0.260 e. The van der Waals surface area contributed by atoms with E-state index in [2.05, 4.69) is 47.9 Å². The van der Waals surface area contributed by atoms with Crippen molar-refractivity contribution in [1.82, 2.24) is 25.8 Å². The van der Waals surface area contributed by atoms with Crippen LogP contribution in [0, 0.1) is 13.8 Å². The molecule has 2 aromatic rings. The molecule has 4 rings (SSSR count). The summed E-state index contributed by atoms with van der Waals surface area (Å²) in [6, 6.07) is 4.22. The predicted octanol–water partition coefficient (Wildman–Crippen LogP) is 2.82. The van der Waals surface area contributed by atoms with Crippen LogP contribution in [0.4, 0.5) is 5.69 Å². The van der Waals surface area contributed by atoms with Crippen molar-refractivity contribution in [2.75, 3.05) is 44.7 Å². The molecule has 9 heteroatoms. The Morgan fingerprint density at radius 3 is 2.72 bits per heavy atom. The number of fused-ring (bicyclic) bond motifs is 2. The zero-order chi connectivity index (χ0) is 25.8. The lowest BCUT2D eigenvalue weighted by Gasteiger charge is -2.32. The summed E-state index contributed by atoms with van der Waals surface area (Å²) >= 11 is 0. The van der Waals surface area contributed by atoms with Crippen LogP contribution < -0.4 is 15.5 Å². The highest BCUT2D eigenvalue weighted by atomic mass is 16.5. The third kappa shape index (κ3) is 5.79. The molecule has 0 saturated heterocycles. The van der Waals surface area contributed by atoms with Crippen molar-refractivity contribution < 1.29 is 14.1 Å². The highest BCUT2D eigenvalue weighted by molar-refractivity contribution is 5.90. The number of benzene rings is 1. The fourth-order valence-electron chi connectivity index (χ4n) is 4.47. The van der Waals surface area contributed by atoms with Gasteiger partial charge in [0.05, 0.1) is 25.3 Å². The molecule has 1 aromatic heterocycles. The number of nitrogens with zero attached hydrogens (tertiary/aromatic N) is 4. The quantitative estimate of drug-likeness (QED) is 0.493. The van der Waals surface area contributed by atoms with Crippen LogP contribution in [0.25, 0.3) is 11.0 Å². The molecule has 0 unspecified atom stereocenters. The van der Waals surface area contributed by atoms with Gasteiger partial charge in [-0.1, -0.05) is 37.2 Å². The minimum atomic E-state index is -0.144. The summed E-state index contributed by atoms with van der Waals surface area (Å²) in [7, 11) is 1.77. The van der Waals surface area contributed by atoms with Crippen molar-refractivity contribution in [3.05, 3.63) is 59.0 Å². The summed E-state index contributed by atoms with van der Waals surface area (Å²) in [4.78, 5) is 28.1. The molecule has 9 nitrogen and oxygen atoms in total. The molecule has 0 fully saturated rings. The van der Waals surface area contributed by atoms with Gasteiger partial charge in [-0.05, 0) is 43.0 Å². The molecule has 1 aromatic carbocycles. The largest absolute Gasteiger partial charge is 0.356 e. The Bertz CT molecular complexity index is 1230. The van der Waals surface area contributed by atoms with Crippen LogP contribution in [0.3, 0.4) is 0 Å². The van der Waals surface area contributed by atoms with Crippen LogP contribution in [0.1, 0.15) is 31.5 Å². The van der Waals surface area contributed by atoms with Gasteiger partial charge < -0.3 is 20.1 Å². The number of aromatic nitrogens is 1. The molecule has 0 radical (unpaired) electrons. The van der Waals surface area contributed by atoms with Crippen LogP contribution in [-0.4, -0.2) is 72.8 Å². The zero-order valence-electron chi connectivity index (χ0n) is 21.8. The number of carbonyl (C=O) groups is 2. The summed E-state index contributed by atoms with van der Waals surface area (Å²) < 4.78 is 5.48. The van der Waals surface area contributed by atoms with Crippen LogP contribution in [-0.2, 0) is 9.59 Å². The second-order valence-corrected chi connectivity index (χ2v) is 9.71. The maximum absolute atomic E-state index is 13.4. The maximum Gasteiger partial charge on any atom is 0.260 e. The average Bonchev–Trinajstić information content (AvgIpc) is 3.43. The highest BCUT2D eigenvalue weighted by Crippen LogP contribution is 2.30. The summed E-state index contributed by atoms with van der Waals surface area (Å²) in [5, 5.41) is 14.8. The molecule has 1 aliphatic heterocycles. The van der Waals surface area contributed by atoms with E-state index in [-0.39, 0.29) is 24.9 Å². The Morgan fingerprint density at radius 2 is 1.97 bits per heavy atom. The number of aryl methyl sites for hydroxylation is 2. The molecule has 0 spiro atoms. The lowest BCUT2D eigenvalue weighted by molar-refractivity contribution is -0.139. The molecular weight excluding hydrogens is 456 g/mol.